The number of furan rings is 1. The van der Waals surface area contributed by atoms with Crippen LogP contribution in [0, 0.1) is 10.1 Å². The number of nitrogens with one attached hydrogen (secondary N) is 1. The van der Waals surface area contributed by atoms with Crippen LogP contribution in [0.25, 0.3) is 11.3 Å². The summed E-state index contributed by atoms with van der Waals surface area (Å²) in [4.78, 5) is 21.9. The molecule has 3 aromatic rings. The monoisotopic (exact) mass is 376 g/mol. The van der Waals surface area contributed by atoms with Gasteiger partial charge < -0.3 is 10.2 Å². The minimum absolute atomic E-state index is 0.00908. The molecular formula is C14H9ClN6O5. The lowest BCUT2D eigenvalue weighted by molar-refractivity contribution is -0.384. The summed E-state index contributed by atoms with van der Waals surface area (Å²) in [6.45, 7) is 0. The standard InChI is InChI=1S/C14H9ClN6O5/c15-9-5-7(1-3-10(9)21(23)24)11-4-2-8(25-11)6-17-18-14(22)12-13(16)20-26-19-12/h1-6H,(H2,16,20)(H,18,22)/b17-6-. The highest BCUT2D eigenvalue weighted by Gasteiger charge is 2.16. The van der Waals surface area contributed by atoms with Crippen molar-refractivity contribution in [3.05, 3.63) is 56.9 Å². The molecule has 2 aromatic heterocycles. The molecule has 2 heterocycles. The van der Waals surface area contributed by atoms with E-state index < -0.39 is 10.8 Å². The van der Waals surface area contributed by atoms with Gasteiger partial charge in [0, 0.05) is 11.6 Å². The van der Waals surface area contributed by atoms with Gasteiger partial charge in [-0.2, -0.15) is 5.10 Å². The molecule has 0 radical (unpaired) electrons. The van der Waals surface area contributed by atoms with Crippen molar-refractivity contribution in [3.63, 3.8) is 0 Å². The van der Waals surface area contributed by atoms with E-state index in [0.29, 0.717) is 17.1 Å². The van der Waals surface area contributed by atoms with Crippen LogP contribution < -0.4 is 11.2 Å². The topological polar surface area (TPSA) is 163 Å². The lowest BCUT2D eigenvalue weighted by atomic mass is 10.1. The number of hydrogen-bond acceptors (Lipinski definition) is 9. The molecule has 26 heavy (non-hydrogen) atoms. The second-order valence-corrected chi connectivity index (χ2v) is 5.23. The van der Waals surface area contributed by atoms with Crippen molar-refractivity contribution in [1.29, 1.82) is 0 Å². The number of halogens is 1. The van der Waals surface area contributed by atoms with Crippen LogP contribution >= 0.6 is 11.6 Å². The first-order valence-electron chi connectivity index (χ1n) is 6.91. The maximum Gasteiger partial charge on any atom is 0.297 e. The third-order valence-corrected chi connectivity index (χ3v) is 3.45. The molecular weight excluding hydrogens is 368 g/mol. The number of anilines is 1. The van der Waals surface area contributed by atoms with Crippen molar-refractivity contribution >= 4 is 35.2 Å². The van der Waals surface area contributed by atoms with Gasteiger partial charge in [0.05, 0.1) is 11.1 Å². The Labute approximate surface area is 149 Å². The van der Waals surface area contributed by atoms with Crippen LogP contribution in [0.4, 0.5) is 11.5 Å². The first kappa shape index (κ1) is 17.1. The minimum Gasteiger partial charge on any atom is -0.455 e. The van der Waals surface area contributed by atoms with Crippen LogP contribution in [-0.4, -0.2) is 27.4 Å². The number of carbonyl (C=O) groups is 1. The number of nitrogen functional groups attached to an aromatic ring is 1. The van der Waals surface area contributed by atoms with Gasteiger partial charge in [-0.25, -0.2) is 10.1 Å². The number of hydrazone groups is 1. The molecule has 3 rings (SSSR count). The highest BCUT2D eigenvalue weighted by Crippen LogP contribution is 2.30. The van der Waals surface area contributed by atoms with E-state index in [4.69, 9.17) is 21.8 Å². The minimum atomic E-state index is -0.700. The Hall–Kier alpha value is -3.73. The van der Waals surface area contributed by atoms with Crippen LogP contribution in [0.3, 0.4) is 0 Å². The highest BCUT2D eigenvalue weighted by atomic mass is 35.5. The zero-order valence-corrected chi connectivity index (χ0v) is 13.5. The molecule has 0 saturated heterocycles. The first-order valence-corrected chi connectivity index (χ1v) is 7.29. The zero-order chi connectivity index (χ0) is 18.7. The van der Waals surface area contributed by atoms with Gasteiger partial charge in [0.15, 0.2) is 0 Å². The second kappa shape index (κ2) is 7.03. The normalized spacial score (nSPS) is 11.0. The fourth-order valence-corrected chi connectivity index (χ4v) is 2.20. The number of nitrogens with zero attached hydrogens (tertiary/aromatic N) is 4. The Morgan fingerprint density at radius 1 is 1.35 bits per heavy atom. The number of nitrogens with two attached hydrogens (primary N) is 1. The van der Waals surface area contributed by atoms with Crippen molar-refractivity contribution in [2.45, 2.75) is 0 Å². The van der Waals surface area contributed by atoms with Crippen LogP contribution in [0.15, 0.2) is 44.5 Å². The summed E-state index contributed by atoms with van der Waals surface area (Å²) in [5.74, 6) is -0.123. The van der Waals surface area contributed by atoms with Gasteiger partial charge in [0.1, 0.15) is 16.5 Å². The Kier molecular flexibility index (Phi) is 4.62. The number of aromatic nitrogens is 2. The van der Waals surface area contributed by atoms with E-state index in [1.54, 1.807) is 12.1 Å². The van der Waals surface area contributed by atoms with Gasteiger partial charge >= 0.3 is 0 Å². The summed E-state index contributed by atoms with van der Waals surface area (Å²) >= 11 is 5.88. The summed E-state index contributed by atoms with van der Waals surface area (Å²) in [5.41, 5.74) is 7.72. The summed E-state index contributed by atoms with van der Waals surface area (Å²) in [5, 5.41) is 21.1. The van der Waals surface area contributed by atoms with E-state index >= 15 is 0 Å². The second-order valence-electron chi connectivity index (χ2n) is 4.82. The Bertz CT molecular complexity index is 1010. The van der Waals surface area contributed by atoms with Crippen LogP contribution in [0.1, 0.15) is 16.2 Å². The largest absolute Gasteiger partial charge is 0.455 e. The van der Waals surface area contributed by atoms with Crippen molar-refractivity contribution in [1.82, 2.24) is 15.7 Å². The number of carbonyl (C=O) groups excluding carboxylic acids is 1. The van der Waals surface area contributed by atoms with E-state index in [-0.39, 0.29) is 22.2 Å². The van der Waals surface area contributed by atoms with E-state index in [1.165, 1.54) is 24.4 Å². The molecule has 0 spiro atoms. The Morgan fingerprint density at radius 2 is 2.15 bits per heavy atom. The third-order valence-electron chi connectivity index (χ3n) is 3.14. The summed E-state index contributed by atoms with van der Waals surface area (Å²) < 4.78 is 9.83. The number of benzene rings is 1. The third kappa shape index (κ3) is 3.52. The lowest BCUT2D eigenvalue weighted by Crippen LogP contribution is -2.19. The summed E-state index contributed by atoms with van der Waals surface area (Å²) in [7, 11) is 0. The molecule has 11 nitrogen and oxygen atoms in total. The first-order chi connectivity index (χ1) is 12.5. The maximum absolute atomic E-state index is 11.7. The van der Waals surface area contributed by atoms with Gasteiger partial charge in [-0.1, -0.05) is 11.6 Å². The molecule has 0 aliphatic heterocycles. The lowest BCUT2D eigenvalue weighted by Gasteiger charge is -1.99. The van der Waals surface area contributed by atoms with Crippen LogP contribution in [0.5, 0.6) is 0 Å². The zero-order valence-electron chi connectivity index (χ0n) is 12.7. The molecule has 1 amide bonds. The Balaban J connectivity index is 1.70. The molecule has 0 aliphatic carbocycles. The molecule has 0 atom stereocenters. The van der Waals surface area contributed by atoms with Gasteiger partial charge in [-0.05, 0) is 34.6 Å². The summed E-state index contributed by atoms with van der Waals surface area (Å²) in [6.07, 6.45) is 1.25. The van der Waals surface area contributed by atoms with Crippen molar-refractivity contribution in [2.24, 2.45) is 5.10 Å². The number of nitro benzene ring substituents is 1. The van der Waals surface area contributed by atoms with Gasteiger partial charge in [0.25, 0.3) is 11.6 Å². The molecule has 0 aliphatic rings. The van der Waals surface area contributed by atoms with Crippen molar-refractivity contribution in [3.8, 4) is 11.3 Å². The Morgan fingerprint density at radius 3 is 2.81 bits per heavy atom. The van der Waals surface area contributed by atoms with Gasteiger partial charge in [0.2, 0.25) is 11.5 Å². The quantitative estimate of drug-likeness (QED) is 0.389. The summed E-state index contributed by atoms with van der Waals surface area (Å²) in [6, 6.07) is 7.42. The fraction of sp³-hybridized carbons (Fsp3) is 0. The number of amides is 1. The highest BCUT2D eigenvalue weighted by molar-refractivity contribution is 6.32. The smallest absolute Gasteiger partial charge is 0.297 e. The van der Waals surface area contributed by atoms with E-state index in [2.05, 4.69) is 25.5 Å². The van der Waals surface area contributed by atoms with Crippen molar-refractivity contribution in [2.75, 3.05) is 5.73 Å². The van der Waals surface area contributed by atoms with E-state index in [9.17, 15) is 14.9 Å². The maximum atomic E-state index is 11.7. The van der Waals surface area contributed by atoms with Gasteiger partial charge in [-0.3, -0.25) is 14.9 Å². The number of rotatable bonds is 5. The average Bonchev–Trinajstić information content (AvgIpc) is 3.23. The van der Waals surface area contributed by atoms with E-state index in [1.807, 2.05) is 0 Å². The predicted octanol–water partition coefficient (Wildman–Crippen LogP) is 2.24. The number of nitro groups is 1. The molecule has 1 aromatic carbocycles. The van der Waals surface area contributed by atoms with Crippen molar-refractivity contribution < 1.29 is 18.8 Å². The molecule has 0 unspecified atom stereocenters. The molecule has 12 heteroatoms. The van der Waals surface area contributed by atoms with Crippen LogP contribution in [-0.2, 0) is 0 Å². The molecule has 0 fully saturated rings. The van der Waals surface area contributed by atoms with Gasteiger partial charge in [-0.15, -0.1) is 0 Å². The molecule has 0 bridgehead atoms. The molecule has 3 N–H and O–H groups in total. The predicted molar refractivity (Wildman–Crippen MR) is 89.6 cm³/mol. The molecule has 132 valence electrons. The van der Waals surface area contributed by atoms with E-state index in [0.717, 1.165) is 0 Å². The van der Waals surface area contributed by atoms with Crippen LogP contribution in [0.2, 0.25) is 5.02 Å². The SMILES string of the molecule is Nc1nonc1C(=O)N/N=C\c1ccc(-c2ccc([N+](=O)[O-])c(Cl)c2)o1. The number of hydrogen-bond donors (Lipinski definition) is 2. The average molecular weight is 377 g/mol. The molecule has 0 saturated carbocycles. The fourth-order valence-electron chi connectivity index (χ4n) is 1.95.